The minimum absolute atomic E-state index is 0.234. The first-order chi connectivity index (χ1) is 12.1. The molecule has 4 aliphatic carbocycles. The number of aliphatic hydroxyl groups excluding tert-OH is 1. The van der Waals surface area contributed by atoms with E-state index in [-0.39, 0.29) is 11.2 Å². The van der Waals surface area contributed by atoms with Crippen molar-refractivity contribution in [3.8, 4) is 6.07 Å². The first-order valence-electron chi connectivity index (χ1n) is 9.32. The summed E-state index contributed by atoms with van der Waals surface area (Å²) in [6.45, 7) is 0. The van der Waals surface area contributed by atoms with E-state index in [9.17, 15) is 10.4 Å². The Morgan fingerprint density at radius 3 is 2.40 bits per heavy atom. The minimum atomic E-state index is 0.234. The van der Waals surface area contributed by atoms with Crippen molar-refractivity contribution in [1.29, 1.82) is 5.26 Å². The Morgan fingerprint density at radius 1 is 1.16 bits per heavy atom. The van der Waals surface area contributed by atoms with E-state index in [4.69, 9.17) is 0 Å². The van der Waals surface area contributed by atoms with Crippen molar-refractivity contribution < 1.29 is 5.11 Å². The quantitative estimate of drug-likeness (QED) is 0.571. The molecule has 4 bridgehead atoms. The van der Waals surface area contributed by atoms with Gasteiger partial charge in [0.05, 0.1) is 10.2 Å². The third-order valence-corrected chi connectivity index (χ3v) is 7.67. The predicted molar refractivity (Wildman–Crippen MR) is 100 cm³/mol. The van der Waals surface area contributed by atoms with Gasteiger partial charge in [-0.05, 0) is 73.8 Å². The van der Waals surface area contributed by atoms with Crippen LogP contribution in [0, 0.1) is 34.5 Å². The maximum absolute atomic E-state index is 10.9. The number of rotatable bonds is 3. The number of nitriles is 1. The van der Waals surface area contributed by atoms with E-state index < -0.39 is 0 Å². The van der Waals surface area contributed by atoms with Gasteiger partial charge in [-0.3, -0.25) is 0 Å². The van der Waals surface area contributed by atoms with Gasteiger partial charge in [0.15, 0.2) is 0 Å². The molecule has 0 amide bonds. The molecule has 6 rings (SSSR count). The Labute approximate surface area is 152 Å². The summed E-state index contributed by atoms with van der Waals surface area (Å²) in [6.07, 6.45) is 8.56. The van der Waals surface area contributed by atoms with E-state index in [1.54, 1.807) is 0 Å². The van der Waals surface area contributed by atoms with Crippen molar-refractivity contribution in [1.82, 2.24) is 4.98 Å². The van der Waals surface area contributed by atoms with E-state index in [0.29, 0.717) is 17.0 Å². The monoisotopic (exact) mass is 350 g/mol. The average molecular weight is 350 g/mol. The predicted octanol–water partition coefficient (Wildman–Crippen LogP) is 5.70. The molecule has 0 saturated heterocycles. The summed E-state index contributed by atoms with van der Waals surface area (Å²) in [5.41, 5.74) is 1.52. The molecule has 25 heavy (non-hydrogen) atoms. The largest absolute Gasteiger partial charge is 0.511 e. The molecule has 128 valence electrons. The Hall–Kier alpha value is -1.86. The summed E-state index contributed by atoms with van der Waals surface area (Å²) < 4.78 is 1.06. The highest BCUT2D eigenvalue weighted by molar-refractivity contribution is 7.19. The van der Waals surface area contributed by atoms with Gasteiger partial charge in [0.1, 0.15) is 22.4 Å². The maximum atomic E-state index is 10.9. The summed E-state index contributed by atoms with van der Waals surface area (Å²) in [5, 5.41) is 21.2. The lowest BCUT2D eigenvalue weighted by molar-refractivity contribution is -0.0562. The summed E-state index contributed by atoms with van der Waals surface area (Å²) in [5.74, 6) is 2.83. The van der Waals surface area contributed by atoms with Crippen LogP contribution in [-0.2, 0) is 0 Å². The van der Waals surface area contributed by atoms with Gasteiger partial charge in [0, 0.05) is 6.42 Å². The van der Waals surface area contributed by atoms with Gasteiger partial charge < -0.3 is 5.11 Å². The first-order valence-corrected chi connectivity index (χ1v) is 10.1. The third-order valence-electron chi connectivity index (χ3n) is 6.62. The second-order valence-corrected chi connectivity index (χ2v) is 9.55. The number of benzene rings is 1. The second-order valence-electron chi connectivity index (χ2n) is 8.51. The van der Waals surface area contributed by atoms with Gasteiger partial charge in [0.2, 0.25) is 0 Å². The van der Waals surface area contributed by atoms with Crippen molar-refractivity contribution >= 4 is 27.1 Å². The molecule has 4 fully saturated rings. The molecule has 4 heteroatoms. The fourth-order valence-corrected chi connectivity index (χ4v) is 7.15. The van der Waals surface area contributed by atoms with Crippen molar-refractivity contribution in [2.75, 3.05) is 0 Å². The van der Waals surface area contributed by atoms with E-state index in [1.165, 1.54) is 49.9 Å². The lowest BCUT2D eigenvalue weighted by atomic mass is 9.48. The van der Waals surface area contributed by atoms with Crippen LogP contribution in [0.5, 0.6) is 0 Å². The second kappa shape index (κ2) is 5.57. The molecule has 4 aliphatic rings. The number of nitrogens with zero attached hydrogens (tertiary/aromatic N) is 2. The van der Waals surface area contributed by atoms with Crippen LogP contribution in [0.4, 0.5) is 0 Å². The molecular weight excluding hydrogens is 328 g/mol. The molecule has 0 unspecified atom stereocenters. The molecule has 0 atom stereocenters. The zero-order valence-electron chi connectivity index (χ0n) is 14.2. The molecular formula is C21H22N2OS. The molecule has 4 saturated carbocycles. The lowest BCUT2D eigenvalue weighted by Crippen LogP contribution is -2.46. The van der Waals surface area contributed by atoms with Crippen molar-refractivity contribution in [2.45, 2.75) is 44.9 Å². The van der Waals surface area contributed by atoms with Crippen molar-refractivity contribution in [3.63, 3.8) is 0 Å². The highest BCUT2D eigenvalue weighted by Gasteiger charge is 2.51. The summed E-state index contributed by atoms with van der Waals surface area (Å²) in [7, 11) is 0. The van der Waals surface area contributed by atoms with Crippen molar-refractivity contribution in [2.24, 2.45) is 23.2 Å². The topological polar surface area (TPSA) is 56.9 Å². The Morgan fingerprint density at radius 2 is 1.80 bits per heavy atom. The zero-order chi connectivity index (χ0) is 17.0. The van der Waals surface area contributed by atoms with Gasteiger partial charge in [0.25, 0.3) is 0 Å². The maximum Gasteiger partial charge on any atom is 0.138 e. The van der Waals surface area contributed by atoms with Crippen LogP contribution in [-0.4, -0.2) is 10.1 Å². The minimum Gasteiger partial charge on any atom is -0.511 e. The number of fused-ring (bicyclic) bond motifs is 1. The smallest absolute Gasteiger partial charge is 0.138 e. The number of thiazole rings is 1. The lowest BCUT2D eigenvalue weighted by Gasteiger charge is -2.57. The van der Waals surface area contributed by atoms with Gasteiger partial charge >= 0.3 is 0 Å². The van der Waals surface area contributed by atoms with Crippen molar-refractivity contribution in [3.05, 3.63) is 35.0 Å². The molecule has 1 N–H and O–H groups in total. The molecule has 0 radical (unpaired) electrons. The third kappa shape index (κ3) is 2.57. The average Bonchev–Trinajstić information content (AvgIpc) is 2.97. The normalized spacial score (nSPS) is 34.1. The summed E-state index contributed by atoms with van der Waals surface area (Å²) in [6, 6.07) is 10.2. The Kier molecular flexibility index (Phi) is 3.43. The van der Waals surface area contributed by atoms with Crippen LogP contribution in [0.2, 0.25) is 0 Å². The number of hydrogen-bond donors (Lipinski definition) is 1. The first kappa shape index (κ1) is 15.4. The standard InChI is InChI=1S/C21H22N2OS/c22-12-16(20-23-17-3-1-2-4-19(17)25-20)18(24)11-21-8-13-5-14(9-21)7-15(6-13)10-21/h1-4,13-15,24H,5-11H2/b18-16-. The molecule has 1 aromatic carbocycles. The fourth-order valence-electron chi connectivity index (χ4n) is 6.17. The fraction of sp³-hybridized carbons (Fsp3) is 0.524. The molecule has 3 nitrogen and oxygen atoms in total. The van der Waals surface area contributed by atoms with Crippen LogP contribution in [0.15, 0.2) is 30.0 Å². The number of hydrogen-bond acceptors (Lipinski definition) is 4. The molecule has 2 aromatic rings. The molecule has 1 heterocycles. The number of allylic oxidation sites excluding steroid dienone is 2. The highest BCUT2D eigenvalue weighted by Crippen LogP contribution is 2.62. The van der Waals surface area contributed by atoms with E-state index in [1.807, 2.05) is 24.3 Å². The highest BCUT2D eigenvalue weighted by atomic mass is 32.1. The number of para-hydroxylation sites is 1. The van der Waals surface area contributed by atoms with Gasteiger partial charge in [-0.1, -0.05) is 12.1 Å². The van der Waals surface area contributed by atoms with Crippen LogP contribution in [0.1, 0.15) is 50.0 Å². The summed E-state index contributed by atoms with van der Waals surface area (Å²) >= 11 is 1.50. The molecule has 0 aliphatic heterocycles. The van der Waals surface area contributed by atoms with E-state index in [0.717, 1.165) is 28.0 Å². The van der Waals surface area contributed by atoms with E-state index in [2.05, 4.69) is 11.1 Å². The van der Waals surface area contributed by atoms with Crippen LogP contribution in [0.25, 0.3) is 15.8 Å². The summed E-state index contributed by atoms with van der Waals surface area (Å²) in [4.78, 5) is 4.58. The number of aliphatic hydroxyl groups is 1. The van der Waals surface area contributed by atoms with Crippen LogP contribution < -0.4 is 0 Å². The zero-order valence-corrected chi connectivity index (χ0v) is 15.1. The van der Waals surface area contributed by atoms with Gasteiger partial charge in [-0.2, -0.15) is 5.26 Å². The van der Waals surface area contributed by atoms with Gasteiger partial charge in [-0.25, -0.2) is 4.98 Å². The molecule has 0 spiro atoms. The van der Waals surface area contributed by atoms with Crippen LogP contribution in [0.3, 0.4) is 0 Å². The Balaban J connectivity index is 1.48. The van der Waals surface area contributed by atoms with E-state index >= 15 is 0 Å². The Bertz CT molecular complexity index is 836. The molecule has 1 aromatic heterocycles. The van der Waals surface area contributed by atoms with Crippen LogP contribution >= 0.6 is 11.3 Å². The van der Waals surface area contributed by atoms with Gasteiger partial charge in [-0.15, -0.1) is 11.3 Å². The SMILES string of the molecule is N#C/C(=C(/O)CC12CC3CC(CC(C3)C1)C2)c1nc2ccccc2s1. The number of aromatic nitrogens is 1.